The molecule has 6 heteroatoms. The number of urea groups is 1. The van der Waals surface area contributed by atoms with E-state index in [1.165, 1.54) is 11.1 Å². The molecule has 0 saturated heterocycles. The minimum Gasteiger partial charge on any atom is -0.308 e. The Morgan fingerprint density at radius 3 is 2.34 bits per heavy atom. The van der Waals surface area contributed by atoms with Gasteiger partial charge in [0.2, 0.25) is 0 Å². The monoisotopic (exact) mass is 501 g/mol. The van der Waals surface area contributed by atoms with Gasteiger partial charge in [0.15, 0.2) is 0 Å². The van der Waals surface area contributed by atoms with E-state index >= 15 is 0 Å². The van der Waals surface area contributed by atoms with Crippen LogP contribution in [0.2, 0.25) is 0 Å². The third-order valence-corrected chi connectivity index (χ3v) is 7.36. The first kappa shape index (κ1) is 23.8. The van der Waals surface area contributed by atoms with Gasteiger partial charge in [-0.1, -0.05) is 65.7 Å². The number of anilines is 1. The lowest BCUT2D eigenvalue weighted by molar-refractivity contribution is 0.194. The Hall–Kier alpha value is -4.58. The highest BCUT2D eigenvalue weighted by molar-refractivity contribution is 5.91. The van der Waals surface area contributed by atoms with E-state index < -0.39 is 0 Å². The first-order valence-electron chi connectivity index (χ1n) is 12.9. The normalized spacial score (nSPS) is 14.5. The lowest BCUT2D eigenvalue weighted by atomic mass is 10.0. The lowest BCUT2D eigenvalue weighted by Crippen LogP contribution is -2.38. The molecule has 0 aliphatic carbocycles. The summed E-state index contributed by atoms with van der Waals surface area (Å²) in [6.45, 7) is 8.61. The van der Waals surface area contributed by atoms with Crippen LogP contribution in [0.5, 0.6) is 0 Å². The van der Waals surface area contributed by atoms with Crippen molar-refractivity contribution in [3.8, 4) is 11.5 Å². The van der Waals surface area contributed by atoms with E-state index in [9.17, 15) is 4.79 Å². The fraction of sp³-hybridized carbons (Fsp3) is 0.188. The number of rotatable bonds is 3. The number of benzene rings is 3. The predicted molar refractivity (Wildman–Crippen MR) is 151 cm³/mol. The number of nitrogens with one attached hydrogen (secondary N) is 1. The molecule has 2 amide bonds. The van der Waals surface area contributed by atoms with E-state index in [1.807, 2.05) is 59.8 Å². The fourth-order valence-corrected chi connectivity index (χ4v) is 5.39. The molecule has 2 aromatic heterocycles. The molecule has 1 N–H and O–H groups in total. The summed E-state index contributed by atoms with van der Waals surface area (Å²) in [7, 11) is 0. The average Bonchev–Trinajstić information content (AvgIpc) is 3.47. The summed E-state index contributed by atoms with van der Waals surface area (Å²) in [5.41, 5.74) is 9.19. The highest BCUT2D eigenvalue weighted by Crippen LogP contribution is 2.39. The van der Waals surface area contributed by atoms with Crippen molar-refractivity contribution < 1.29 is 4.79 Å². The van der Waals surface area contributed by atoms with Crippen molar-refractivity contribution in [2.45, 2.75) is 40.3 Å². The molecule has 0 radical (unpaired) electrons. The molecule has 38 heavy (non-hydrogen) atoms. The van der Waals surface area contributed by atoms with E-state index in [1.54, 1.807) is 0 Å². The predicted octanol–water partition coefficient (Wildman–Crippen LogP) is 7.03. The first-order chi connectivity index (χ1) is 18.4. The van der Waals surface area contributed by atoms with E-state index in [0.717, 1.165) is 45.3 Å². The van der Waals surface area contributed by atoms with Gasteiger partial charge in [-0.3, -0.25) is 0 Å². The van der Waals surface area contributed by atoms with Gasteiger partial charge >= 0.3 is 6.03 Å². The molecule has 5 aromatic rings. The van der Waals surface area contributed by atoms with E-state index in [-0.39, 0.29) is 12.1 Å². The highest BCUT2D eigenvalue weighted by atomic mass is 16.2. The Kier molecular flexibility index (Phi) is 5.87. The Labute approximate surface area is 223 Å². The van der Waals surface area contributed by atoms with E-state index in [4.69, 9.17) is 5.10 Å². The van der Waals surface area contributed by atoms with Gasteiger partial charge in [0.05, 0.1) is 29.7 Å². The van der Waals surface area contributed by atoms with Crippen molar-refractivity contribution in [1.29, 1.82) is 0 Å². The zero-order chi connectivity index (χ0) is 26.4. The maximum absolute atomic E-state index is 14.1. The number of fused-ring (bicyclic) bond motifs is 3. The quantitative estimate of drug-likeness (QED) is 0.288. The second kappa shape index (κ2) is 9.38. The van der Waals surface area contributed by atoms with Crippen LogP contribution in [0, 0.1) is 27.7 Å². The van der Waals surface area contributed by atoms with Crippen molar-refractivity contribution in [3.05, 3.63) is 130 Å². The number of aryl methyl sites for hydroxylation is 4. The number of hydrogen-bond acceptors (Lipinski definition) is 2. The molecule has 0 fully saturated rings. The smallest absolute Gasteiger partial charge is 0.308 e. The summed E-state index contributed by atoms with van der Waals surface area (Å²) in [5, 5.41) is 8.14. The third-order valence-electron chi connectivity index (χ3n) is 7.36. The van der Waals surface area contributed by atoms with Crippen LogP contribution >= 0.6 is 0 Å². The maximum Gasteiger partial charge on any atom is 0.322 e. The van der Waals surface area contributed by atoms with E-state index in [0.29, 0.717) is 6.54 Å². The molecule has 6 rings (SSSR count). The van der Waals surface area contributed by atoms with Gasteiger partial charge in [0, 0.05) is 17.4 Å². The van der Waals surface area contributed by atoms with Crippen molar-refractivity contribution in [3.63, 3.8) is 0 Å². The average molecular weight is 502 g/mol. The molecule has 0 unspecified atom stereocenters. The number of nitrogens with zero attached hydrogens (tertiary/aromatic N) is 4. The summed E-state index contributed by atoms with van der Waals surface area (Å²) in [6.07, 6.45) is 2.07. The van der Waals surface area contributed by atoms with Crippen molar-refractivity contribution in [2.75, 3.05) is 5.32 Å². The summed E-state index contributed by atoms with van der Waals surface area (Å²) in [4.78, 5) is 16.1. The molecule has 1 aliphatic rings. The van der Waals surface area contributed by atoms with Crippen LogP contribution in [-0.4, -0.2) is 25.3 Å². The van der Waals surface area contributed by atoms with Crippen LogP contribution in [0.4, 0.5) is 10.5 Å². The van der Waals surface area contributed by atoms with Crippen LogP contribution in [0.3, 0.4) is 0 Å². The summed E-state index contributed by atoms with van der Waals surface area (Å²) < 4.78 is 4.18. The third kappa shape index (κ3) is 4.08. The Morgan fingerprint density at radius 2 is 1.61 bits per heavy atom. The number of aromatic nitrogens is 3. The molecule has 3 heterocycles. The fourth-order valence-electron chi connectivity index (χ4n) is 5.39. The second-order valence-electron chi connectivity index (χ2n) is 10.1. The molecule has 1 aliphatic heterocycles. The molecular weight excluding hydrogens is 470 g/mol. The van der Waals surface area contributed by atoms with Crippen LogP contribution in [0.1, 0.15) is 45.2 Å². The van der Waals surface area contributed by atoms with Crippen LogP contribution in [-0.2, 0) is 6.54 Å². The second-order valence-corrected chi connectivity index (χ2v) is 10.1. The minimum atomic E-state index is -0.285. The minimum absolute atomic E-state index is 0.144. The summed E-state index contributed by atoms with van der Waals surface area (Å²) in [5.74, 6) is 0.965. The van der Waals surface area contributed by atoms with E-state index in [2.05, 4.69) is 78.5 Å². The molecule has 6 nitrogen and oxygen atoms in total. The standard InChI is InChI=1S/C32H31N5O/c1-21-12-15-25(16-13-21)30-29-11-8-18-35(29)31-27(24(4)34-37(31)26-9-6-5-7-10-26)20-36(30)32(38)33-28-17-14-22(2)19-23(28)3/h5-19,30H,20H2,1-4H3,(H,33,38)/t30-/m1/s1. The maximum atomic E-state index is 14.1. The number of carbonyl (C=O) groups excluding carboxylic acids is 1. The van der Waals surface area contributed by atoms with Crippen molar-refractivity contribution in [2.24, 2.45) is 0 Å². The van der Waals surface area contributed by atoms with Gasteiger partial charge in [-0.2, -0.15) is 5.10 Å². The van der Waals surface area contributed by atoms with Crippen LogP contribution in [0.15, 0.2) is 91.1 Å². The van der Waals surface area contributed by atoms with Gasteiger partial charge < -0.3 is 14.8 Å². The van der Waals surface area contributed by atoms with Crippen LogP contribution in [0.25, 0.3) is 11.5 Å². The molecule has 190 valence electrons. The SMILES string of the molecule is Cc1ccc([C@@H]2c3cccn3-c3c(c(C)nn3-c3ccccc3)CN2C(=O)Nc2ccc(C)cc2C)cc1. The molecule has 1 atom stereocenters. The Bertz CT molecular complexity index is 1630. The largest absolute Gasteiger partial charge is 0.322 e. The summed E-state index contributed by atoms with van der Waals surface area (Å²) in [6, 6.07) is 28.5. The molecule has 0 bridgehead atoms. The molecule has 0 spiro atoms. The van der Waals surface area contributed by atoms with Crippen LogP contribution < -0.4 is 5.32 Å². The van der Waals surface area contributed by atoms with Gasteiger partial charge in [-0.15, -0.1) is 0 Å². The molecule has 3 aromatic carbocycles. The zero-order valence-electron chi connectivity index (χ0n) is 22.1. The Balaban J connectivity index is 1.53. The number of amides is 2. The zero-order valence-corrected chi connectivity index (χ0v) is 22.1. The van der Waals surface area contributed by atoms with Gasteiger partial charge in [-0.25, -0.2) is 9.48 Å². The van der Waals surface area contributed by atoms with Gasteiger partial charge in [0.25, 0.3) is 0 Å². The van der Waals surface area contributed by atoms with Gasteiger partial charge in [-0.05, 0) is 69.2 Å². The van der Waals surface area contributed by atoms with Crippen molar-refractivity contribution >= 4 is 11.7 Å². The Morgan fingerprint density at radius 1 is 0.868 bits per heavy atom. The molecule has 0 saturated carbocycles. The molecular formula is C32H31N5O. The lowest BCUT2D eigenvalue weighted by Gasteiger charge is -2.31. The topological polar surface area (TPSA) is 55.1 Å². The van der Waals surface area contributed by atoms with Gasteiger partial charge in [0.1, 0.15) is 5.82 Å². The highest BCUT2D eigenvalue weighted by Gasteiger charge is 2.36. The number of hydrogen-bond donors (Lipinski definition) is 1. The number of para-hydroxylation sites is 1. The first-order valence-corrected chi connectivity index (χ1v) is 12.9. The van der Waals surface area contributed by atoms with Crippen molar-refractivity contribution in [1.82, 2.24) is 19.2 Å². The number of carbonyl (C=O) groups is 1. The summed E-state index contributed by atoms with van der Waals surface area (Å²) >= 11 is 0.